The van der Waals surface area contributed by atoms with Crippen LogP contribution in [0.4, 0.5) is 5.69 Å². The summed E-state index contributed by atoms with van der Waals surface area (Å²) in [4.78, 5) is 17.1. The van der Waals surface area contributed by atoms with E-state index in [2.05, 4.69) is 21.4 Å². The van der Waals surface area contributed by atoms with Gasteiger partial charge in [-0.1, -0.05) is 12.1 Å². The van der Waals surface area contributed by atoms with Crippen LogP contribution in [0.3, 0.4) is 0 Å². The number of ether oxygens (including phenoxy) is 1. The number of fused-ring (bicyclic) bond motifs is 1. The molecule has 2 aliphatic heterocycles. The summed E-state index contributed by atoms with van der Waals surface area (Å²) >= 11 is 0. The van der Waals surface area contributed by atoms with E-state index in [4.69, 9.17) is 9.72 Å². The number of anilines is 1. The second-order valence-corrected chi connectivity index (χ2v) is 6.77. The number of amides is 1. The van der Waals surface area contributed by atoms with Crippen molar-refractivity contribution in [2.24, 2.45) is 0 Å². The highest BCUT2D eigenvalue weighted by Gasteiger charge is 2.28. The molecule has 0 unspecified atom stereocenters. The molecule has 4 rings (SSSR count). The van der Waals surface area contributed by atoms with E-state index in [1.807, 2.05) is 31.2 Å². The average Bonchev–Trinajstić information content (AvgIpc) is 3.07. The number of morpholine rings is 1. The fourth-order valence-electron chi connectivity index (χ4n) is 3.52. The molecule has 0 aliphatic carbocycles. The van der Waals surface area contributed by atoms with Crippen LogP contribution < -0.4 is 10.6 Å². The lowest BCUT2D eigenvalue weighted by Crippen LogP contribution is -2.53. The van der Waals surface area contributed by atoms with Crippen molar-refractivity contribution in [2.75, 3.05) is 18.5 Å². The molecule has 2 atom stereocenters. The molecule has 3 heterocycles. The van der Waals surface area contributed by atoms with E-state index in [0.29, 0.717) is 13.2 Å². The molecule has 1 aromatic heterocycles. The minimum Gasteiger partial charge on any atom is -0.375 e. The van der Waals surface area contributed by atoms with Gasteiger partial charge < -0.3 is 19.9 Å². The van der Waals surface area contributed by atoms with Crippen LogP contribution in [-0.4, -0.2) is 40.8 Å². The average molecular weight is 340 g/mol. The number of aromatic nitrogens is 2. The number of aryl methyl sites for hydroxylation is 2. The van der Waals surface area contributed by atoms with Crippen LogP contribution in [0.15, 0.2) is 30.5 Å². The molecule has 0 bridgehead atoms. The Morgan fingerprint density at radius 3 is 2.92 bits per heavy atom. The number of carbonyl (C=O) groups is 1. The largest absolute Gasteiger partial charge is 0.375 e. The number of benzene rings is 1. The Morgan fingerprint density at radius 2 is 2.16 bits per heavy atom. The molecule has 2 aromatic rings. The van der Waals surface area contributed by atoms with Crippen molar-refractivity contribution in [2.45, 2.75) is 44.9 Å². The Labute approximate surface area is 147 Å². The van der Waals surface area contributed by atoms with Crippen LogP contribution in [0.25, 0.3) is 11.3 Å². The van der Waals surface area contributed by atoms with Crippen LogP contribution in [-0.2, 0) is 22.5 Å². The molecule has 1 saturated heterocycles. The molecule has 0 spiro atoms. The van der Waals surface area contributed by atoms with Crippen molar-refractivity contribution >= 4 is 11.6 Å². The van der Waals surface area contributed by atoms with Crippen molar-refractivity contribution in [3.8, 4) is 11.3 Å². The fraction of sp³-hybridized carbons (Fsp3) is 0.474. The predicted molar refractivity (Wildman–Crippen MR) is 96.4 cm³/mol. The van der Waals surface area contributed by atoms with Gasteiger partial charge in [-0.25, -0.2) is 4.98 Å². The van der Waals surface area contributed by atoms with Crippen molar-refractivity contribution < 1.29 is 9.53 Å². The third kappa shape index (κ3) is 3.45. The van der Waals surface area contributed by atoms with Crippen LogP contribution in [0.2, 0.25) is 0 Å². The van der Waals surface area contributed by atoms with Crippen LogP contribution in [0.5, 0.6) is 0 Å². The lowest BCUT2D eigenvalue weighted by atomic mass is 10.1. The monoisotopic (exact) mass is 340 g/mol. The molecule has 6 heteroatoms. The summed E-state index contributed by atoms with van der Waals surface area (Å²) < 4.78 is 7.79. The summed E-state index contributed by atoms with van der Waals surface area (Å²) in [6.07, 6.45) is 5.52. The maximum absolute atomic E-state index is 12.4. The molecular formula is C19H24N4O2. The van der Waals surface area contributed by atoms with E-state index in [9.17, 15) is 4.79 Å². The smallest absolute Gasteiger partial charge is 0.244 e. The van der Waals surface area contributed by atoms with E-state index in [-0.39, 0.29) is 18.1 Å². The minimum absolute atomic E-state index is 0.0580. The third-order valence-electron chi connectivity index (χ3n) is 4.96. The molecule has 2 N–H and O–H groups in total. The predicted octanol–water partition coefficient (Wildman–Crippen LogP) is 2.20. The highest BCUT2D eigenvalue weighted by atomic mass is 16.5. The Kier molecular flexibility index (Phi) is 4.55. The molecule has 2 aliphatic rings. The van der Waals surface area contributed by atoms with Crippen LogP contribution in [0.1, 0.15) is 25.6 Å². The fourth-order valence-corrected chi connectivity index (χ4v) is 3.52. The number of carbonyl (C=O) groups excluding carboxylic acids is 1. The Bertz CT molecular complexity index is 730. The van der Waals surface area contributed by atoms with Crippen molar-refractivity contribution in [1.29, 1.82) is 0 Å². The zero-order valence-corrected chi connectivity index (χ0v) is 14.5. The Hall–Kier alpha value is -2.18. The first-order valence-electron chi connectivity index (χ1n) is 9.03. The van der Waals surface area contributed by atoms with Gasteiger partial charge in [0.15, 0.2) is 0 Å². The molecule has 0 saturated carbocycles. The summed E-state index contributed by atoms with van der Waals surface area (Å²) in [5.41, 5.74) is 2.87. The minimum atomic E-state index is -0.312. The highest BCUT2D eigenvalue weighted by molar-refractivity contribution is 5.95. The maximum Gasteiger partial charge on any atom is 0.244 e. The van der Waals surface area contributed by atoms with E-state index < -0.39 is 0 Å². The lowest BCUT2D eigenvalue weighted by molar-refractivity contribution is -0.123. The Balaban J connectivity index is 1.45. The first-order chi connectivity index (χ1) is 12.2. The van der Waals surface area contributed by atoms with Crippen LogP contribution in [0, 0.1) is 0 Å². The zero-order valence-electron chi connectivity index (χ0n) is 14.5. The van der Waals surface area contributed by atoms with Crippen LogP contribution >= 0.6 is 0 Å². The van der Waals surface area contributed by atoms with E-state index >= 15 is 0 Å². The van der Waals surface area contributed by atoms with Gasteiger partial charge in [-0.05, 0) is 31.9 Å². The molecule has 6 nitrogen and oxygen atoms in total. The third-order valence-corrected chi connectivity index (χ3v) is 4.96. The van der Waals surface area contributed by atoms with Gasteiger partial charge in [-0.2, -0.15) is 0 Å². The van der Waals surface area contributed by atoms with Gasteiger partial charge in [0.1, 0.15) is 11.9 Å². The van der Waals surface area contributed by atoms with E-state index in [1.165, 1.54) is 18.7 Å². The maximum atomic E-state index is 12.4. The highest BCUT2D eigenvalue weighted by Crippen LogP contribution is 2.24. The Morgan fingerprint density at radius 1 is 1.32 bits per heavy atom. The number of nitrogens with one attached hydrogen (secondary N) is 2. The second-order valence-electron chi connectivity index (χ2n) is 6.77. The van der Waals surface area contributed by atoms with E-state index in [1.54, 1.807) is 0 Å². The number of rotatable bonds is 3. The lowest BCUT2D eigenvalue weighted by Gasteiger charge is -2.29. The molecule has 25 heavy (non-hydrogen) atoms. The first kappa shape index (κ1) is 16.3. The number of hydrogen-bond acceptors (Lipinski definition) is 4. The van der Waals surface area contributed by atoms with Gasteiger partial charge in [0, 0.05) is 37.0 Å². The number of imidazole rings is 1. The van der Waals surface area contributed by atoms with Crippen molar-refractivity contribution in [3.05, 3.63) is 36.3 Å². The molecule has 1 fully saturated rings. The van der Waals surface area contributed by atoms with Gasteiger partial charge in [0.05, 0.1) is 18.4 Å². The van der Waals surface area contributed by atoms with Gasteiger partial charge in [-0.3, -0.25) is 4.79 Å². The van der Waals surface area contributed by atoms with Gasteiger partial charge in [-0.15, -0.1) is 0 Å². The quantitative estimate of drug-likeness (QED) is 0.899. The number of hydrogen-bond donors (Lipinski definition) is 2. The van der Waals surface area contributed by atoms with Crippen molar-refractivity contribution in [1.82, 2.24) is 14.9 Å². The van der Waals surface area contributed by atoms with E-state index in [0.717, 1.165) is 29.9 Å². The standard InChI is InChI=1S/C19H24N4O2/c1-13-18(20-9-11-25-13)19(24)21-15-7-5-14(6-8-15)16-12-23-10-3-2-4-17(23)22-16/h5-8,12-13,18,20H,2-4,9-11H2,1H3,(H,21,24)/t13-,18+/m1/s1. The second kappa shape index (κ2) is 6.98. The molecule has 0 radical (unpaired) electrons. The SMILES string of the molecule is C[C@H]1OCCN[C@@H]1C(=O)Nc1ccc(-c2cn3c(n2)CCCC3)cc1. The van der Waals surface area contributed by atoms with Gasteiger partial charge in [0.2, 0.25) is 5.91 Å². The summed E-state index contributed by atoms with van der Waals surface area (Å²) in [6, 6.07) is 7.57. The molecule has 1 aromatic carbocycles. The van der Waals surface area contributed by atoms with Crippen molar-refractivity contribution in [3.63, 3.8) is 0 Å². The normalized spacial score (nSPS) is 23.1. The molecule has 132 valence electrons. The molecule has 1 amide bonds. The summed E-state index contributed by atoms with van der Waals surface area (Å²) in [6.45, 7) is 4.33. The zero-order chi connectivity index (χ0) is 17.2. The summed E-state index contributed by atoms with van der Waals surface area (Å²) in [5, 5.41) is 6.17. The summed E-state index contributed by atoms with van der Waals surface area (Å²) in [7, 11) is 0. The number of nitrogens with zero attached hydrogens (tertiary/aromatic N) is 2. The topological polar surface area (TPSA) is 68.2 Å². The molecular weight excluding hydrogens is 316 g/mol. The first-order valence-corrected chi connectivity index (χ1v) is 9.03. The summed E-state index contributed by atoms with van der Waals surface area (Å²) in [5.74, 6) is 1.12. The van der Waals surface area contributed by atoms with Gasteiger partial charge >= 0.3 is 0 Å². The van der Waals surface area contributed by atoms with Gasteiger partial charge in [0.25, 0.3) is 0 Å².